The largest absolute Gasteiger partial charge is 0.360 e. The second-order valence-corrected chi connectivity index (χ2v) is 5.09. The van der Waals surface area contributed by atoms with Crippen LogP contribution in [0.1, 0.15) is 70.8 Å². The molecular weight excluding hydrogens is 210 g/mol. The normalized spacial score (nSPS) is 11.7. The second kappa shape index (κ2) is 6.63. The van der Waals surface area contributed by atoms with E-state index in [0.29, 0.717) is 0 Å². The highest BCUT2D eigenvalue weighted by molar-refractivity contribution is 5.41. The predicted molar refractivity (Wildman–Crippen MR) is 73.0 cm³/mol. The lowest BCUT2D eigenvalue weighted by Gasteiger charge is -2.26. The van der Waals surface area contributed by atoms with Gasteiger partial charge < -0.3 is 4.52 Å². The first-order valence-electron chi connectivity index (χ1n) is 6.76. The molecule has 0 atom stereocenters. The van der Waals surface area contributed by atoms with Crippen LogP contribution < -0.4 is 0 Å². The van der Waals surface area contributed by atoms with E-state index in [9.17, 15) is 0 Å². The molecule has 0 aliphatic heterocycles. The molecule has 0 aliphatic carbocycles. The molecule has 0 N–H and O–H groups in total. The molecule has 17 heavy (non-hydrogen) atoms. The molecule has 0 bridgehead atoms. The molecule has 0 radical (unpaired) electrons. The fourth-order valence-corrected chi connectivity index (χ4v) is 2.17. The van der Waals surface area contributed by atoms with Crippen LogP contribution in [0, 0.1) is 0 Å². The van der Waals surface area contributed by atoms with Gasteiger partial charge in [0.1, 0.15) is 11.5 Å². The molecule has 0 saturated carbocycles. The Labute approximate surface area is 105 Å². The minimum Gasteiger partial charge on any atom is -0.360 e. The van der Waals surface area contributed by atoms with Gasteiger partial charge in [0.15, 0.2) is 0 Å². The molecule has 0 unspecified atom stereocenters. The third kappa shape index (κ3) is 3.72. The zero-order valence-electron chi connectivity index (χ0n) is 11.5. The van der Waals surface area contributed by atoms with Gasteiger partial charge in [0.2, 0.25) is 0 Å². The molecule has 2 nitrogen and oxygen atoms in total. The van der Waals surface area contributed by atoms with E-state index in [1.807, 2.05) is 6.07 Å². The van der Waals surface area contributed by atoms with Crippen LogP contribution >= 0.6 is 0 Å². The summed E-state index contributed by atoms with van der Waals surface area (Å²) >= 11 is 0. The van der Waals surface area contributed by atoms with Crippen molar-refractivity contribution in [3.63, 3.8) is 0 Å². The molecule has 0 aromatic carbocycles. The SMILES string of the molecule is C=Cc1cc(C(C)(CCCC)CCCC)on1. The number of rotatable bonds is 8. The molecule has 0 amide bonds. The smallest absolute Gasteiger partial charge is 0.143 e. The van der Waals surface area contributed by atoms with Crippen LogP contribution in [-0.4, -0.2) is 5.16 Å². The summed E-state index contributed by atoms with van der Waals surface area (Å²) in [5.74, 6) is 1.02. The first kappa shape index (κ1) is 14.0. The molecule has 2 heteroatoms. The third-order valence-electron chi connectivity index (χ3n) is 3.50. The average Bonchev–Trinajstić information content (AvgIpc) is 2.83. The van der Waals surface area contributed by atoms with E-state index in [2.05, 4.69) is 32.5 Å². The molecule has 1 aromatic rings. The van der Waals surface area contributed by atoms with Crippen LogP contribution in [0.4, 0.5) is 0 Å². The van der Waals surface area contributed by atoms with E-state index < -0.39 is 0 Å². The number of hydrogen-bond donors (Lipinski definition) is 0. The zero-order chi connectivity index (χ0) is 12.7. The highest BCUT2D eigenvalue weighted by Crippen LogP contribution is 2.35. The lowest BCUT2D eigenvalue weighted by atomic mass is 9.78. The molecule has 1 rings (SSSR count). The molecule has 0 spiro atoms. The maximum atomic E-state index is 5.49. The highest BCUT2D eigenvalue weighted by atomic mass is 16.5. The maximum absolute atomic E-state index is 5.49. The van der Waals surface area contributed by atoms with Gasteiger partial charge in [-0.15, -0.1) is 0 Å². The molecule has 96 valence electrons. The lowest BCUT2D eigenvalue weighted by Crippen LogP contribution is -2.21. The van der Waals surface area contributed by atoms with E-state index in [-0.39, 0.29) is 5.41 Å². The summed E-state index contributed by atoms with van der Waals surface area (Å²) in [5.41, 5.74) is 0.986. The quantitative estimate of drug-likeness (QED) is 0.636. The van der Waals surface area contributed by atoms with Gasteiger partial charge in [0, 0.05) is 11.5 Å². The maximum Gasteiger partial charge on any atom is 0.143 e. The average molecular weight is 235 g/mol. The van der Waals surface area contributed by atoms with Crippen molar-refractivity contribution in [2.45, 2.75) is 64.7 Å². The van der Waals surface area contributed by atoms with Crippen molar-refractivity contribution < 1.29 is 4.52 Å². The fraction of sp³-hybridized carbons (Fsp3) is 0.667. The Kier molecular flexibility index (Phi) is 5.46. The minimum absolute atomic E-state index is 0.139. The van der Waals surface area contributed by atoms with Crippen molar-refractivity contribution in [2.75, 3.05) is 0 Å². The monoisotopic (exact) mass is 235 g/mol. The number of hydrogen-bond acceptors (Lipinski definition) is 2. The molecular formula is C15H25NO. The number of unbranched alkanes of at least 4 members (excludes halogenated alkanes) is 2. The molecule has 0 aliphatic rings. The van der Waals surface area contributed by atoms with Crippen LogP contribution in [0.3, 0.4) is 0 Å². The Morgan fingerprint density at radius 1 is 1.29 bits per heavy atom. The van der Waals surface area contributed by atoms with E-state index in [1.165, 1.54) is 38.5 Å². The molecule has 0 fully saturated rings. The Balaban J connectivity index is 2.83. The van der Waals surface area contributed by atoms with Crippen molar-refractivity contribution in [1.29, 1.82) is 0 Å². The second-order valence-electron chi connectivity index (χ2n) is 5.09. The van der Waals surface area contributed by atoms with Crippen molar-refractivity contribution in [3.8, 4) is 0 Å². The van der Waals surface area contributed by atoms with Crippen molar-refractivity contribution in [1.82, 2.24) is 5.16 Å². The van der Waals surface area contributed by atoms with Crippen LogP contribution in [0.25, 0.3) is 6.08 Å². The molecule has 1 aromatic heterocycles. The van der Waals surface area contributed by atoms with Gasteiger partial charge in [0.25, 0.3) is 0 Å². The fourth-order valence-electron chi connectivity index (χ4n) is 2.17. The molecule has 0 saturated heterocycles. The van der Waals surface area contributed by atoms with Gasteiger partial charge >= 0.3 is 0 Å². The Morgan fingerprint density at radius 3 is 2.29 bits per heavy atom. The van der Waals surface area contributed by atoms with Crippen LogP contribution in [0.2, 0.25) is 0 Å². The summed E-state index contributed by atoms with van der Waals surface area (Å²) in [5, 5.41) is 4.02. The predicted octanol–water partition coefficient (Wildman–Crippen LogP) is 4.96. The van der Waals surface area contributed by atoms with Gasteiger partial charge in [-0.05, 0) is 18.9 Å². The third-order valence-corrected chi connectivity index (χ3v) is 3.50. The summed E-state index contributed by atoms with van der Waals surface area (Å²) in [7, 11) is 0. The van der Waals surface area contributed by atoms with E-state index in [1.54, 1.807) is 6.08 Å². The summed E-state index contributed by atoms with van der Waals surface area (Å²) in [4.78, 5) is 0. The summed E-state index contributed by atoms with van der Waals surface area (Å²) in [6, 6.07) is 2.04. The van der Waals surface area contributed by atoms with Crippen LogP contribution in [-0.2, 0) is 5.41 Å². The van der Waals surface area contributed by atoms with Crippen LogP contribution in [0.5, 0.6) is 0 Å². The highest BCUT2D eigenvalue weighted by Gasteiger charge is 2.29. The van der Waals surface area contributed by atoms with Gasteiger partial charge in [0.05, 0.1) is 0 Å². The lowest BCUT2D eigenvalue weighted by molar-refractivity contribution is 0.266. The first-order chi connectivity index (χ1) is 8.16. The zero-order valence-corrected chi connectivity index (χ0v) is 11.5. The van der Waals surface area contributed by atoms with Gasteiger partial charge in [-0.3, -0.25) is 0 Å². The van der Waals surface area contributed by atoms with Gasteiger partial charge in [-0.2, -0.15) is 0 Å². The van der Waals surface area contributed by atoms with Gasteiger partial charge in [-0.25, -0.2) is 0 Å². The summed E-state index contributed by atoms with van der Waals surface area (Å²) < 4.78 is 5.49. The van der Waals surface area contributed by atoms with Crippen LogP contribution in [0.15, 0.2) is 17.2 Å². The van der Waals surface area contributed by atoms with E-state index in [0.717, 1.165) is 11.5 Å². The minimum atomic E-state index is 0.139. The number of nitrogens with zero attached hydrogens (tertiary/aromatic N) is 1. The van der Waals surface area contributed by atoms with Crippen molar-refractivity contribution in [2.24, 2.45) is 0 Å². The first-order valence-corrected chi connectivity index (χ1v) is 6.76. The summed E-state index contributed by atoms with van der Waals surface area (Å²) in [6.07, 6.45) is 9.03. The standard InChI is InChI=1S/C15H25NO/c1-5-8-10-15(4,11-9-6-2)14-12-13(7-3)16-17-14/h7,12H,3,5-6,8-11H2,1-2,4H3. The molecule has 1 heterocycles. The van der Waals surface area contributed by atoms with E-state index in [4.69, 9.17) is 4.52 Å². The topological polar surface area (TPSA) is 26.0 Å². The van der Waals surface area contributed by atoms with Crippen molar-refractivity contribution >= 4 is 6.08 Å². The Hall–Kier alpha value is -1.05. The Bertz CT molecular complexity index is 332. The summed E-state index contributed by atoms with van der Waals surface area (Å²) in [6.45, 7) is 10.5. The van der Waals surface area contributed by atoms with E-state index >= 15 is 0 Å². The van der Waals surface area contributed by atoms with Crippen molar-refractivity contribution in [3.05, 3.63) is 24.1 Å². The Morgan fingerprint density at radius 2 is 1.88 bits per heavy atom. The van der Waals surface area contributed by atoms with Gasteiger partial charge in [-0.1, -0.05) is 58.2 Å². The number of aromatic nitrogens is 1.